The van der Waals surface area contributed by atoms with E-state index in [1.807, 2.05) is 0 Å². The van der Waals surface area contributed by atoms with Crippen molar-refractivity contribution < 1.29 is 18.7 Å². The molecule has 7 heteroatoms. The van der Waals surface area contributed by atoms with Crippen molar-refractivity contribution >= 4 is 11.6 Å². The Labute approximate surface area is 131 Å². The summed E-state index contributed by atoms with van der Waals surface area (Å²) in [6.45, 7) is 0.761. The molecule has 1 aromatic carbocycles. The number of para-hydroxylation sites is 1. The van der Waals surface area contributed by atoms with Crippen LogP contribution < -0.4 is 10.2 Å². The highest BCUT2D eigenvalue weighted by Gasteiger charge is 2.28. The van der Waals surface area contributed by atoms with Gasteiger partial charge in [-0.3, -0.25) is 9.78 Å². The lowest BCUT2D eigenvalue weighted by Crippen LogP contribution is -2.37. The highest BCUT2D eigenvalue weighted by Crippen LogP contribution is 2.26. The minimum atomic E-state index is -0.617. The van der Waals surface area contributed by atoms with Gasteiger partial charge in [-0.15, -0.1) is 0 Å². The number of anilines is 1. The van der Waals surface area contributed by atoms with Gasteiger partial charge in [0.1, 0.15) is 23.1 Å². The predicted octanol–water partition coefficient (Wildman–Crippen LogP) is 2.07. The van der Waals surface area contributed by atoms with Gasteiger partial charge < -0.3 is 15.3 Å². The highest BCUT2D eigenvalue weighted by atomic mass is 19.1. The molecule has 23 heavy (non-hydrogen) atoms. The molecule has 1 unspecified atom stereocenters. The summed E-state index contributed by atoms with van der Waals surface area (Å²) in [6.07, 6.45) is 3.15. The van der Waals surface area contributed by atoms with E-state index in [2.05, 4.69) is 10.3 Å². The van der Waals surface area contributed by atoms with Crippen LogP contribution in [-0.2, 0) is 0 Å². The zero-order valence-electron chi connectivity index (χ0n) is 12.2. The van der Waals surface area contributed by atoms with E-state index in [9.17, 15) is 18.7 Å². The summed E-state index contributed by atoms with van der Waals surface area (Å²) in [6, 6.07) is 4.82. The number of carbonyl (C=O) groups is 1. The molecule has 0 bridgehead atoms. The summed E-state index contributed by atoms with van der Waals surface area (Å²) in [4.78, 5) is 17.4. The van der Waals surface area contributed by atoms with Gasteiger partial charge in [-0.25, -0.2) is 8.78 Å². The number of nitrogens with one attached hydrogen (secondary N) is 1. The minimum absolute atomic E-state index is 0.0664. The fourth-order valence-corrected chi connectivity index (χ4v) is 2.69. The topological polar surface area (TPSA) is 65.5 Å². The Morgan fingerprint density at radius 1 is 1.30 bits per heavy atom. The van der Waals surface area contributed by atoms with Crippen molar-refractivity contribution in [3.05, 3.63) is 53.9 Å². The summed E-state index contributed by atoms with van der Waals surface area (Å²) < 4.78 is 27.6. The molecule has 2 aromatic rings. The normalized spacial score (nSPS) is 17.3. The Bertz CT molecular complexity index is 719. The Morgan fingerprint density at radius 3 is 2.74 bits per heavy atom. The number of nitrogens with zero attached hydrogens (tertiary/aromatic N) is 2. The number of aromatic hydroxyl groups is 1. The molecular weight excluding hydrogens is 304 g/mol. The molecule has 1 atom stereocenters. The molecule has 3 rings (SSSR count). The first-order valence-corrected chi connectivity index (χ1v) is 7.18. The summed E-state index contributed by atoms with van der Waals surface area (Å²) in [7, 11) is 0. The van der Waals surface area contributed by atoms with Crippen LogP contribution in [0.2, 0.25) is 0 Å². The van der Waals surface area contributed by atoms with Crippen molar-refractivity contribution in [3.8, 4) is 5.75 Å². The molecule has 120 valence electrons. The molecule has 5 nitrogen and oxygen atoms in total. The molecule has 1 aliphatic rings. The van der Waals surface area contributed by atoms with Gasteiger partial charge in [0.25, 0.3) is 5.91 Å². The summed E-state index contributed by atoms with van der Waals surface area (Å²) in [5.74, 6) is -1.71. The fourth-order valence-electron chi connectivity index (χ4n) is 2.69. The van der Waals surface area contributed by atoms with Gasteiger partial charge in [0.05, 0.1) is 11.8 Å². The Kier molecular flexibility index (Phi) is 4.10. The standard InChI is InChI=1S/C16H15F2N3O2/c17-13-2-1-3-14(18)15(13)21-5-4-11(9-21)20-16(23)10-6-12(22)8-19-7-10/h1-3,6-8,11,22H,4-5,9H2,(H,20,23). The van der Waals surface area contributed by atoms with Crippen molar-refractivity contribution in [1.29, 1.82) is 0 Å². The van der Waals surface area contributed by atoms with E-state index in [0.717, 1.165) is 0 Å². The fraction of sp³-hybridized carbons (Fsp3) is 0.250. The molecule has 0 spiro atoms. The molecule has 2 heterocycles. The molecule has 2 N–H and O–H groups in total. The highest BCUT2D eigenvalue weighted by molar-refractivity contribution is 5.94. The lowest BCUT2D eigenvalue weighted by Gasteiger charge is -2.20. The minimum Gasteiger partial charge on any atom is -0.506 e. The third-order valence-electron chi connectivity index (χ3n) is 3.76. The van der Waals surface area contributed by atoms with Gasteiger partial charge in [0.2, 0.25) is 0 Å². The number of aromatic nitrogens is 1. The smallest absolute Gasteiger partial charge is 0.253 e. The third-order valence-corrected chi connectivity index (χ3v) is 3.76. The molecule has 0 saturated carbocycles. The first-order chi connectivity index (χ1) is 11.0. The SMILES string of the molecule is O=C(NC1CCN(c2c(F)cccc2F)C1)c1cncc(O)c1. The molecule has 1 fully saturated rings. The van der Waals surface area contributed by atoms with Gasteiger partial charge in [-0.1, -0.05) is 6.07 Å². The van der Waals surface area contributed by atoms with E-state index in [1.165, 1.54) is 36.7 Å². The Morgan fingerprint density at radius 2 is 2.04 bits per heavy atom. The maximum atomic E-state index is 13.8. The summed E-state index contributed by atoms with van der Waals surface area (Å²) >= 11 is 0. The zero-order chi connectivity index (χ0) is 16.4. The van der Waals surface area contributed by atoms with Gasteiger partial charge in [-0.2, -0.15) is 0 Å². The number of halogens is 2. The van der Waals surface area contributed by atoms with Gasteiger partial charge in [0.15, 0.2) is 0 Å². The number of amides is 1. The van der Waals surface area contributed by atoms with Crippen molar-refractivity contribution in [2.24, 2.45) is 0 Å². The maximum Gasteiger partial charge on any atom is 0.253 e. The van der Waals surface area contributed by atoms with E-state index < -0.39 is 11.6 Å². The second-order valence-corrected chi connectivity index (χ2v) is 5.41. The van der Waals surface area contributed by atoms with E-state index in [1.54, 1.807) is 4.90 Å². The number of hydrogen-bond acceptors (Lipinski definition) is 4. The Balaban J connectivity index is 1.67. The first-order valence-electron chi connectivity index (χ1n) is 7.18. The largest absolute Gasteiger partial charge is 0.506 e. The van der Waals surface area contributed by atoms with E-state index in [4.69, 9.17) is 0 Å². The maximum absolute atomic E-state index is 13.8. The number of benzene rings is 1. The second kappa shape index (κ2) is 6.20. The summed E-state index contributed by atoms with van der Waals surface area (Å²) in [5, 5.41) is 12.1. The first kappa shape index (κ1) is 15.2. The van der Waals surface area contributed by atoms with Crippen LogP contribution in [-0.4, -0.2) is 35.1 Å². The van der Waals surface area contributed by atoms with Crippen molar-refractivity contribution in [1.82, 2.24) is 10.3 Å². The van der Waals surface area contributed by atoms with Crippen molar-refractivity contribution in [2.75, 3.05) is 18.0 Å². The van der Waals surface area contributed by atoms with Crippen molar-refractivity contribution in [3.63, 3.8) is 0 Å². The van der Waals surface area contributed by atoms with Crippen LogP contribution in [0.15, 0.2) is 36.7 Å². The number of rotatable bonds is 3. The lowest BCUT2D eigenvalue weighted by atomic mass is 10.2. The number of pyridine rings is 1. The molecule has 1 amide bonds. The average Bonchev–Trinajstić information content (AvgIpc) is 2.95. The molecule has 0 radical (unpaired) electrons. The van der Waals surface area contributed by atoms with Crippen LogP contribution in [0, 0.1) is 11.6 Å². The Hall–Kier alpha value is -2.70. The molecule has 0 aliphatic carbocycles. The molecule has 1 aliphatic heterocycles. The second-order valence-electron chi connectivity index (χ2n) is 5.41. The predicted molar refractivity (Wildman–Crippen MR) is 80.3 cm³/mol. The van der Waals surface area contributed by atoms with Gasteiger partial charge >= 0.3 is 0 Å². The van der Waals surface area contributed by atoms with Crippen LogP contribution in [0.5, 0.6) is 5.75 Å². The van der Waals surface area contributed by atoms with Crippen LogP contribution in [0.1, 0.15) is 16.8 Å². The average molecular weight is 319 g/mol. The van der Waals surface area contributed by atoms with Crippen LogP contribution in [0.3, 0.4) is 0 Å². The molecular formula is C16H15F2N3O2. The van der Waals surface area contributed by atoms with Crippen LogP contribution in [0.4, 0.5) is 14.5 Å². The lowest BCUT2D eigenvalue weighted by molar-refractivity contribution is 0.0939. The third kappa shape index (κ3) is 3.23. The monoisotopic (exact) mass is 319 g/mol. The molecule has 1 aromatic heterocycles. The number of hydrogen-bond donors (Lipinski definition) is 2. The zero-order valence-corrected chi connectivity index (χ0v) is 12.2. The van der Waals surface area contributed by atoms with Gasteiger partial charge in [0, 0.05) is 25.3 Å². The van der Waals surface area contributed by atoms with E-state index >= 15 is 0 Å². The number of carbonyl (C=O) groups excluding carboxylic acids is 1. The van der Waals surface area contributed by atoms with E-state index in [-0.39, 0.29) is 28.9 Å². The van der Waals surface area contributed by atoms with Gasteiger partial charge in [-0.05, 0) is 24.6 Å². The van der Waals surface area contributed by atoms with Crippen LogP contribution in [0.25, 0.3) is 0 Å². The summed E-state index contributed by atoms with van der Waals surface area (Å²) in [5.41, 5.74) is 0.170. The quantitative estimate of drug-likeness (QED) is 0.909. The van der Waals surface area contributed by atoms with Crippen LogP contribution >= 0.6 is 0 Å². The molecule has 1 saturated heterocycles. The van der Waals surface area contributed by atoms with E-state index in [0.29, 0.717) is 19.5 Å². The van der Waals surface area contributed by atoms with Crippen molar-refractivity contribution in [2.45, 2.75) is 12.5 Å².